The minimum atomic E-state index is -0.238. The lowest BCUT2D eigenvalue weighted by Gasteiger charge is -2.34. The van der Waals surface area contributed by atoms with Crippen molar-refractivity contribution in [3.05, 3.63) is 65.7 Å². The third-order valence-electron chi connectivity index (χ3n) is 4.42. The Bertz CT molecular complexity index is 670. The smallest absolute Gasteiger partial charge is 0.317 e. The summed E-state index contributed by atoms with van der Waals surface area (Å²) in [4.78, 5) is 20.5. The molecule has 6 heteroatoms. The number of halogens is 1. The van der Waals surface area contributed by atoms with Gasteiger partial charge in [0.1, 0.15) is 5.82 Å². The van der Waals surface area contributed by atoms with Crippen LogP contribution in [-0.4, -0.2) is 53.5 Å². The van der Waals surface area contributed by atoms with Gasteiger partial charge in [-0.25, -0.2) is 9.18 Å². The molecule has 0 spiro atoms. The molecule has 0 radical (unpaired) electrons. The highest BCUT2D eigenvalue weighted by Crippen LogP contribution is 2.08. The molecular formula is C19H23FN4O. The first-order valence-electron chi connectivity index (χ1n) is 8.59. The molecule has 1 saturated heterocycles. The van der Waals surface area contributed by atoms with Gasteiger partial charge >= 0.3 is 6.03 Å². The van der Waals surface area contributed by atoms with Gasteiger partial charge < -0.3 is 10.2 Å². The van der Waals surface area contributed by atoms with Crippen LogP contribution < -0.4 is 5.32 Å². The van der Waals surface area contributed by atoms with Crippen LogP contribution in [0.4, 0.5) is 9.18 Å². The Morgan fingerprint density at radius 2 is 1.68 bits per heavy atom. The molecule has 2 heterocycles. The number of nitrogens with one attached hydrogen (secondary N) is 1. The van der Waals surface area contributed by atoms with Crippen molar-refractivity contribution < 1.29 is 9.18 Å². The molecule has 1 aliphatic heterocycles. The zero-order valence-electron chi connectivity index (χ0n) is 14.2. The number of rotatable bonds is 5. The zero-order chi connectivity index (χ0) is 17.5. The van der Waals surface area contributed by atoms with Gasteiger partial charge in [-0.05, 0) is 41.8 Å². The predicted molar refractivity (Wildman–Crippen MR) is 94.6 cm³/mol. The van der Waals surface area contributed by atoms with E-state index in [0.717, 1.165) is 38.3 Å². The molecule has 0 saturated carbocycles. The number of hydrogen-bond acceptors (Lipinski definition) is 3. The van der Waals surface area contributed by atoms with E-state index in [1.165, 1.54) is 17.7 Å². The topological polar surface area (TPSA) is 48.5 Å². The summed E-state index contributed by atoms with van der Waals surface area (Å²) in [5.41, 5.74) is 2.26. The van der Waals surface area contributed by atoms with Crippen molar-refractivity contribution in [2.75, 3.05) is 32.7 Å². The van der Waals surface area contributed by atoms with E-state index < -0.39 is 0 Å². The second-order valence-corrected chi connectivity index (χ2v) is 6.23. The fourth-order valence-corrected chi connectivity index (χ4v) is 2.93. The summed E-state index contributed by atoms with van der Waals surface area (Å²) in [7, 11) is 0. The molecule has 25 heavy (non-hydrogen) atoms. The van der Waals surface area contributed by atoms with Crippen molar-refractivity contribution in [3.8, 4) is 0 Å². The highest BCUT2D eigenvalue weighted by Gasteiger charge is 2.20. The summed E-state index contributed by atoms with van der Waals surface area (Å²) in [6.07, 6.45) is 4.31. The van der Waals surface area contributed by atoms with Crippen molar-refractivity contribution in [2.24, 2.45) is 0 Å². The maximum atomic E-state index is 12.9. The van der Waals surface area contributed by atoms with Gasteiger partial charge in [-0.1, -0.05) is 12.1 Å². The molecule has 0 bridgehead atoms. The number of pyridine rings is 1. The molecule has 1 fully saturated rings. The van der Waals surface area contributed by atoms with Crippen molar-refractivity contribution in [1.82, 2.24) is 20.1 Å². The Kier molecular flexibility index (Phi) is 5.95. The molecule has 1 aromatic heterocycles. The zero-order valence-corrected chi connectivity index (χ0v) is 14.2. The number of piperazine rings is 1. The number of aromatic nitrogens is 1. The first-order chi connectivity index (χ1) is 12.2. The molecule has 2 aromatic rings. The summed E-state index contributed by atoms with van der Waals surface area (Å²) in [5.74, 6) is -0.238. The number of benzene rings is 1. The van der Waals surface area contributed by atoms with Gasteiger partial charge in [0.25, 0.3) is 0 Å². The molecule has 0 unspecified atom stereocenters. The molecule has 2 amide bonds. The summed E-state index contributed by atoms with van der Waals surface area (Å²) < 4.78 is 12.9. The molecule has 3 rings (SSSR count). The number of amides is 2. The molecule has 0 atom stereocenters. The SMILES string of the molecule is O=C(NCCc1ccc(F)cc1)N1CCN(Cc2ccncc2)CC1. The lowest BCUT2D eigenvalue weighted by Crippen LogP contribution is -2.51. The number of carbonyl (C=O) groups is 1. The standard InChI is InChI=1S/C19H23FN4O/c20-18-3-1-16(2-4-18)7-10-22-19(25)24-13-11-23(12-14-24)15-17-5-8-21-9-6-17/h1-6,8-9H,7,10-15H2,(H,22,25). The van der Waals surface area contributed by atoms with Crippen LogP contribution in [0.5, 0.6) is 0 Å². The largest absolute Gasteiger partial charge is 0.338 e. The summed E-state index contributed by atoms with van der Waals surface area (Å²) in [6.45, 7) is 4.65. The lowest BCUT2D eigenvalue weighted by molar-refractivity contribution is 0.135. The lowest BCUT2D eigenvalue weighted by atomic mass is 10.1. The fraction of sp³-hybridized carbons (Fsp3) is 0.368. The molecule has 132 valence electrons. The molecule has 1 N–H and O–H groups in total. The predicted octanol–water partition coefficient (Wildman–Crippen LogP) is 2.29. The monoisotopic (exact) mass is 342 g/mol. The Morgan fingerprint density at radius 3 is 2.36 bits per heavy atom. The summed E-state index contributed by atoms with van der Waals surface area (Å²) >= 11 is 0. The molecule has 0 aliphatic carbocycles. The van der Waals surface area contributed by atoms with E-state index in [2.05, 4.69) is 15.2 Å². The first kappa shape index (κ1) is 17.4. The third-order valence-corrected chi connectivity index (χ3v) is 4.42. The van der Waals surface area contributed by atoms with Crippen LogP contribution in [0.1, 0.15) is 11.1 Å². The summed E-state index contributed by atoms with van der Waals surface area (Å²) in [6, 6.07) is 10.4. The van der Waals surface area contributed by atoms with Gasteiger partial charge in [0, 0.05) is 51.7 Å². The molecular weight excluding hydrogens is 319 g/mol. The van der Waals surface area contributed by atoms with Crippen LogP contribution in [0.3, 0.4) is 0 Å². The van der Waals surface area contributed by atoms with Crippen LogP contribution >= 0.6 is 0 Å². The summed E-state index contributed by atoms with van der Waals surface area (Å²) in [5, 5.41) is 2.95. The van der Waals surface area contributed by atoms with Crippen LogP contribution in [0.2, 0.25) is 0 Å². The second kappa shape index (κ2) is 8.58. The van der Waals surface area contributed by atoms with Crippen LogP contribution in [0.25, 0.3) is 0 Å². The second-order valence-electron chi connectivity index (χ2n) is 6.23. The minimum Gasteiger partial charge on any atom is -0.338 e. The average molecular weight is 342 g/mol. The van der Waals surface area contributed by atoms with E-state index in [-0.39, 0.29) is 11.8 Å². The van der Waals surface area contributed by atoms with Crippen LogP contribution in [-0.2, 0) is 13.0 Å². The van der Waals surface area contributed by atoms with E-state index in [1.807, 2.05) is 17.0 Å². The van der Waals surface area contributed by atoms with Gasteiger partial charge in [0.05, 0.1) is 0 Å². The van der Waals surface area contributed by atoms with Crippen molar-refractivity contribution in [2.45, 2.75) is 13.0 Å². The minimum absolute atomic E-state index is 0.0225. The molecule has 1 aliphatic rings. The highest BCUT2D eigenvalue weighted by atomic mass is 19.1. The molecule has 5 nitrogen and oxygen atoms in total. The number of carbonyl (C=O) groups excluding carboxylic acids is 1. The Hall–Kier alpha value is -2.47. The van der Waals surface area contributed by atoms with Gasteiger partial charge in [0.15, 0.2) is 0 Å². The Labute approximate surface area is 147 Å². The van der Waals surface area contributed by atoms with Gasteiger partial charge in [-0.3, -0.25) is 9.88 Å². The normalized spacial score (nSPS) is 15.2. The fourth-order valence-electron chi connectivity index (χ4n) is 2.93. The van der Waals surface area contributed by atoms with Gasteiger partial charge in [-0.15, -0.1) is 0 Å². The maximum Gasteiger partial charge on any atom is 0.317 e. The Balaban J connectivity index is 1.37. The van der Waals surface area contributed by atoms with E-state index in [0.29, 0.717) is 13.0 Å². The van der Waals surface area contributed by atoms with E-state index in [4.69, 9.17) is 0 Å². The number of hydrogen-bond donors (Lipinski definition) is 1. The average Bonchev–Trinajstić information content (AvgIpc) is 2.65. The van der Waals surface area contributed by atoms with Crippen LogP contribution in [0, 0.1) is 5.82 Å². The van der Waals surface area contributed by atoms with E-state index in [1.54, 1.807) is 24.5 Å². The van der Waals surface area contributed by atoms with Crippen molar-refractivity contribution in [1.29, 1.82) is 0 Å². The van der Waals surface area contributed by atoms with Crippen molar-refractivity contribution >= 4 is 6.03 Å². The quantitative estimate of drug-likeness (QED) is 0.907. The van der Waals surface area contributed by atoms with E-state index >= 15 is 0 Å². The van der Waals surface area contributed by atoms with Crippen molar-refractivity contribution in [3.63, 3.8) is 0 Å². The highest BCUT2D eigenvalue weighted by molar-refractivity contribution is 5.74. The Morgan fingerprint density at radius 1 is 1.00 bits per heavy atom. The van der Waals surface area contributed by atoms with Crippen LogP contribution in [0.15, 0.2) is 48.8 Å². The molecule has 1 aromatic carbocycles. The number of urea groups is 1. The maximum absolute atomic E-state index is 12.9. The van der Waals surface area contributed by atoms with Gasteiger partial charge in [0.2, 0.25) is 0 Å². The first-order valence-corrected chi connectivity index (χ1v) is 8.59. The van der Waals surface area contributed by atoms with E-state index in [9.17, 15) is 9.18 Å². The van der Waals surface area contributed by atoms with Gasteiger partial charge in [-0.2, -0.15) is 0 Å². The number of nitrogens with zero attached hydrogens (tertiary/aromatic N) is 3. The third kappa shape index (κ3) is 5.26.